The highest BCUT2D eigenvalue weighted by Gasteiger charge is 2.32. The van der Waals surface area contributed by atoms with E-state index in [1.54, 1.807) is 6.92 Å². The summed E-state index contributed by atoms with van der Waals surface area (Å²) in [5.74, 6) is -1.14. The first-order valence-electron chi connectivity index (χ1n) is 13.8. The number of alkyl halides is 3. The summed E-state index contributed by atoms with van der Waals surface area (Å²) in [6.07, 6.45) is 1.29. The van der Waals surface area contributed by atoms with E-state index in [0.29, 0.717) is 12.0 Å². The van der Waals surface area contributed by atoms with Crippen molar-refractivity contribution in [2.24, 2.45) is 0 Å². The minimum absolute atomic E-state index is 0.00272. The van der Waals surface area contributed by atoms with Crippen LogP contribution in [-0.2, 0) is 32.3 Å². The van der Waals surface area contributed by atoms with E-state index in [2.05, 4.69) is 5.32 Å². The van der Waals surface area contributed by atoms with Crippen LogP contribution >= 0.6 is 0 Å². The Balaban J connectivity index is 1.77. The maximum absolute atomic E-state index is 13.5. The standard InChI is InChI=1S/C29H37F4N3O4S/c1-3-26(28(38)34-24-10-5-4-6-11-24)35(20-21-14-16-23(30)17-15-21)27(37)13-8-18-36(41(2,39)40)25-12-7-9-22(19-25)29(31,32)33/h7,9,12,14-17,19,24,26H,3-6,8,10-11,13,18,20H2,1-2H3,(H,34,38)/t26-/m0/s1. The highest BCUT2D eigenvalue weighted by Crippen LogP contribution is 2.32. The monoisotopic (exact) mass is 599 g/mol. The van der Waals surface area contributed by atoms with Gasteiger partial charge in [-0.1, -0.05) is 44.4 Å². The Hall–Kier alpha value is -3.15. The van der Waals surface area contributed by atoms with E-state index in [0.717, 1.165) is 60.9 Å². The molecule has 1 saturated carbocycles. The van der Waals surface area contributed by atoms with Crippen molar-refractivity contribution in [2.45, 2.75) is 83.1 Å². The van der Waals surface area contributed by atoms with Crippen molar-refractivity contribution in [3.05, 3.63) is 65.5 Å². The predicted molar refractivity (Wildman–Crippen MR) is 149 cm³/mol. The maximum atomic E-state index is 13.5. The van der Waals surface area contributed by atoms with Gasteiger partial charge in [0.1, 0.15) is 11.9 Å². The van der Waals surface area contributed by atoms with Gasteiger partial charge in [-0.15, -0.1) is 0 Å². The molecule has 1 atom stereocenters. The van der Waals surface area contributed by atoms with E-state index >= 15 is 0 Å². The summed E-state index contributed by atoms with van der Waals surface area (Å²) in [6.45, 7) is 1.59. The molecule has 0 radical (unpaired) electrons. The Kier molecular flexibility index (Phi) is 11.2. The molecule has 7 nitrogen and oxygen atoms in total. The topological polar surface area (TPSA) is 86.8 Å². The molecule has 1 aliphatic rings. The number of benzene rings is 2. The SMILES string of the molecule is CC[C@@H](C(=O)NC1CCCCC1)N(Cc1ccc(F)cc1)C(=O)CCCN(c1cccc(C(F)(F)F)c1)S(C)(=O)=O. The molecule has 0 aliphatic heterocycles. The molecular formula is C29H37F4N3O4S. The zero-order valence-electron chi connectivity index (χ0n) is 23.3. The largest absolute Gasteiger partial charge is 0.416 e. The second kappa shape index (κ2) is 14.2. The van der Waals surface area contributed by atoms with E-state index < -0.39 is 39.5 Å². The Morgan fingerprint density at radius 1 is 1.05 bits per heavy atom. The summed E-state index contributed by atoms with van der Waals surface area (Å²) in [5.41, 5.74) is -0.526. The van der Waals surface area contributed by atoms with Gasteiger partial charge in [0.2, 0.25) is 21.8 Å². The molecule has 0 aromatic heterocycles. The number of rotatable bonds is 12. The van der Waals surface area contributed by atoms with Crippen LogP contribution in [0.1, 0.15) is 69.4 Å². The molecule has 12 heteroatoms. The van der Waals surface area contributed by atoms with Crippen molar-refractivity contribution in [3.8, 4) is 0 Å². The third-order valence-corrected chi connectivity index (χ3v) is 8.41. The third-order valence-electron chi connectivity index (χ3n) is 7.22. The van der Waals surface area contributed by atoms with Gasteiger partial charge in [-0.2, -0.15) is 13.2 Å². The van der Waals surface area contributed by atoms with Crippen LogP contribution in [-0.4, -0.2) is 50.0 Å². The second-order valence-electron chi connectivity index (χ2n) is 10.4. The molecule has 1 fully saturated rings. The number of amides is 2. The molecule has 2 amide bonds. The zero-order chi connectivity index (χ0) is 30.2. The molecule has 3 rings (SSSR count). The molecule has 0 bridgehead atoms. The van der Waals surface area contributed by atoms with Crippen LogP contribution in [0.4, 0.5) is 23.2 Å². The summed E-state index contributed by atoms with van der Waals surface area (Å²) >= 11 is 0. The number of nitrogens with one attached hydrogen (secondary N) is 1. The van der Waals surface area contributed by atoms with Crippen LogP contribution in [0.3, 0.4) is 0 Å². The van der Waals surface area contributed by atoms with Crippen molar-refractivity contribution in [3.63, 3.8) is 0 Å². The first-order valence-corrected chi connectivity index (χ1v) is 15.6. The Morgan fingerprint density at radius 3 is 2.29 bits per heavy atom. The van der Waals surface area contributed by atoms with Crippen LogP contribution in [0, 0.1) is 5.82 Å². The van der Waals surface area contributed by atoms with Crippen LogP contribution in [0.15, 0.2) is 48.5 Å². The average Bonchev–Trinajstić information content (AvgIpc) is 2.91. The van der Waals surface area contributed by atoms with Crippen LogP contribution in [0.25, 0.3) is 0 Å². The summed E-state index contributed by atoms with van der Waals surface area (Å²) < 4.78 is 79.0. The lowest BCUT2D eigenvalue weighted by Crippen LogP contribution is -2.51. The fourth-order valence-electron chi connectivity index (χ4n) is 5.09. The van der Waals surface area contributed by atoms with Gasteiger partial charge in [0.15, 0.2) is 0 Å². The Labute approximate surface area is 239 Å². The summed E-state index contributed by atoms with van der Waals surface area (Å²) in [4.78, 5) is 28.2. The molecule has 1 aliphatic carbocycles. The molecule has 0 unspecified atom stereocenters. The van der Waals surface area contributed by atoms with Gasteiger partial charge in [0.05, 0.1) is 17.5 Å². The number of carbonyl (C=O) groups excluding carboxylic acids is 2. The minimum Gasteiger partial charge on any atom is -0.352 e. The second-order valence-corrected chi connectivity index (χ2v) is 12.3. The zero-order valence-corrected chi connectivity index (χ0v) is 24.1. The van der Waals surface area contributed by atoms with Gasteiger partial charge in [-0.25, -0.2) is 12.8 Å². The number of hydrogen-bond donors (Lipinski definition) is 1. The molecule has 2 aromatic rings. The van der Waals surface area contributed by atoms with Gasteiger partial charge in [-0.05, 0) is 61.6 Å². The lowest BCUT2D eigenvalue weighted by Gasteiger charge is -2.33. The predicted octanol–water partition coefficient (Wildman–Crippen LogP) is 5.65. The number of carbonyl (C=O) groups is 2. The van der Waals surface area contributed by atoms with Gasteiger partial charge >= 0.3 is 6.18 Å². The van der Waals surface area contributed by atoms with Gasteiger partial charge in [0.25, 0.3) is 0 Å². The van der Waals surface area contributed by atoms with E-state index in [9.17, 15) is 35.6 Å². The van der Waals surface area contributed by atoms with E-state index in [1.165, 1.54) is 35.2 Å². The lowest BCUT2D eigenvalue weighted by atomic mass is 9.95. The maximum Gasteiger partial charge on any atom is 0.416 e. The minimum atomic E-state index is -4.65. The van der Waals surface area contributed by atoms with Crippen molar-refractivity contribution >= 4 is 27.5 Å². The van der Waals surface area contributed by atoms with Crippen molar-refractivity contribution in [1.82, 2.24) is 10.2 Å². The Morgan fingerprint density at radius 2 is 1.71 bits per heavy atom. The number of sulfonamides is 1. The third kappa shape index (κ3) is 9.44. The van der Waals surface area contributed by atoms with Gasteiger partial charge in [-0.3, -0.25) is 13.9 Å². The van der Waals surface area contributed by atoms with Crippen molar-refractivity contribution < 1.29 is 35.6 Å². The van der Waals surface area contributed by atoms with Crippen molar-refractivity contribution in [2.75, 3.05) is 17.1 Å². The molecule has 226 valence electrons. The fourth-order valence-corrected chi connectivity index (χ4v) is 6.05. The average molecular weight is 600 g/mol. The summed E-state index contributed by atoms with van der Waals surface area (Å²) in [7, 11) is -3.96. The van der Waals surface area contributed by atoms with E-state index in [1.807, 2.05) is 0 Å². The number of hydrogen-bond acceptors (Lipinski definition) is 4. The first-order chi connectivity index (χ1) is 19.3. The number of nitrogens with zero attached hydrogens (tertiary/aromatic N) is 2. The highest BCUT2D eigenvalue weighted by atomic mass is 32.2. The Bertz CT molecular complexity index is 1280. The van der Waals surface area contributed by atoms with Crippen molar-refractivity contribution in [1.29, 1.82) is 0 Å². The molecule has 0 spiro atoms. The molecule has 2 aromatic carbocycles. The first kappa shape index (κ1) is 32.4. The van der Waals surface area contributed by atoms with Gasteiger partial charge < -0.3 is 10.2 Å². The van der Waals surface area contributed by atoms with Crippen LogP contribution in [0.5, 0.6) is 0 Å². The van der Waals surface area contributed by atoms with Crippen LogP contribution < -0.4 is 9.62 Å². The van der Waals surface area contributed by atoms with Crippen LogP contribution in [0.2, 0.25) is 0 Å². The quantitative estimate of drug-likeness (QED) is 0.320. The normalized spacial score (nSPS) is 15.3. The molecule has 0 heterocycles. The molecule has 41 heavy (non-hydrogen) atoms. The number of anilines is 1. The molecule has 0 saturated heterocycles. The highest BCUT2D eigenvalue weighted by molar-refractivity contribution is 7.92. The number of halogens is 4. The molecular weight excluding hydrogens is 562 g/mol. The van der Waals surface area contributed by atoms with E-state index in [-0.39, 0.29) is 43.6 Å². The summed E-state index contributed by atoms with van der Waals surface area (Å²) in [5, 5.41) is 3.06. The van der Waals surface area contributed by atoms with Gasteiger partial charge in [0, 0.05) is 25.6 Å². The molecule has 1 N–H and O–H groups in total. The lowest BCUT2D eigenvalue weighted by molar-refractivity contribution is -0.141. The summed E-state index contributed by atoms with van der Waals surface area (Å²) in [6, 6.07) is 8.81. The fraction of sp³-hybridized carbons (Fsp3) is 0.517. The smallest absolute Gasteiger partial charge is 0.352 e. The van der Waals surface area contributed by atoms with E-state index in [4.69, 9.17) is 0 Å².